The molecule has 0 aromatic heterocycles. The monoisotopic (exact) mass is 449 g/mol. The number of carbonyl (C=O) groups excluding carboxylic acids is 2. The average Bonchev–Trinajstić information content (AvgIpc) is 2.84. The second-order valence-electron chi connectivity index (χ2n) is 7.13. The molecule has 0 aliphatic carbocycles. The molecule has 7 nitrogen and oxygen atoms in total. The summed E-state index contributed by atoms with van der Waals surface area (Å²) in [5, 5.41) is 6.27. The number of hydrazone groups is 1. The van der Waals surface area contributed by atoms with Crippen LogP contribution in [0.4, 0.5) is 10.1 Å². The lowest BCUT2D eigenvalue weighted by Crippen LogP contribution is -2.34. The Morgan fingerprint density at radius 2 is 1.64 bits per heavy atom. The number of benzene rings is 3. The van der Waals surface area contributed by atoms with Gasteiger partial charge in [0.1, 0.15) is 29.8 Å². The standard InChI is InChI=1S/C25H24FN3O4/c1-17(24(30)28-23-6-4-3-5-22(23)26)25(31)29-27-15-18-7-13-21(14-8-18)33-16-19-9-11-20(32-2)12-10-19/h3-15,17H,16H2,1-2H3,(H,28,30)(H,29,31). The van der Waals surface area contributed by atoms with Crippen LogP contribution in [0.25, 0.3) is 0 Å². The van der Waals surface area contributed by atoms with Crippen LogP contribution in [0.3, 0.4) is 0 Å². The van der Waals surface area contributed by atoms with Crippen LogP contribution in [0.15, 0.2) is 77.9 Å². The summed E-state index contributed by atoms with van der Waals surface area (Å²) < 4.78 is 24.5. The minimum absolute atomic E-state index is 0.0138. The lowest BCUT2D eigenvalue weighted by Gasteiger charge is -2.11. The number of methoxy groups -OCH3 is 1. The summed E-state index contributed by atoms with van der Waals surface area (Å²) in [6.45, 7) is 1.83. The van der Waals surface area contributed by atoms with Gasteiger partial charge in [0.15, 0.2) is 0 Å². The summed E-state index contributed by atoms with van der Waals surface area (Å²) >= 11 is 0. The van der Waals surface area contributed by atoms with Crippen LogP contribution in [-0.2, 0) is 16.2 Å². The van der Waals surface area contributed by atoms with Crippen molar-refractivity contribution < 1.29 is 23.5 Å². The fourth-order valence-electron chi connectivity index (χ4n) is 2.73. The Labute approximate surface area is 191 Å². The van der Waals surface area contributed by atoms with Crippen molar-refractivity contribution in [3.63, 3.8) is 0 Å². The van der Waals surface area contributed by atoms with Gasteiger partial charge in [0.2, 0.25) is 5.91 Å². The van der Waals surface area contributed by atoms with Gasteiger partial charge in [-0.2, -0.15) is 5.10 Å². The maximum absolute atomic E-state index is 13.6. The number of anilines is 1. The van der Waals surface area contributed by atoms with E-state index in [0.717, 1.165) is 16.9 Å². The number of hydrogen-bond donors (Lipinski definition) is 2. The number of ether oxygens (including phenoxy) is 2. The predicted molar refractivity (Wildman–Crippen MR) is 124 cm³/mol. The smallest absolute Gasteiger partial charge is 0.252 e. The molecule has 0 aliphatic heterocycles. The molecule has 0 bridgehead atoms. The van der Waals surface area contributed by atoms with E-state index in [1.165, 1.54) is 31.3 Å². The third-order valence-electron chi connectivity index (χ3n) is 4.75. The molecule has 0 saturated heterocycles. The number of amides is 2. The van der Waals surface area contributed by atoms with Crippen molar-refractivity contribution in [2.24, 2.45) is 11.0 Å². The van der Waals surface area contributed by atoms with Gasteiger partial charge in [-0.1, -0.05) is 24.3 Å². The lowest BCUT2D eigenvalue weighted by atomic mass is 10.1. The van der Waals surface area contributed by atoms with E-state index >= 15 is 0 Å². The number of nitrogens with one attached hydrogen (secondary N) is 2. The Balaban J connectivity index is 1.46. The molecule has 170 valence electrons. The molecule has 1 atom stereocenters. The van der Waals surface area contributed by atoms with Gasteiger partial charge in [0.25, 0.3) is 5.91 Å². The minimum atomic E-state index is -1.06. The van der Waals surface area contributed by atoms with E-state index < -0.39 is 23.5 Å². The lowest BCUT2D eigenvalue weighted by molar-refractivity contribution is -0.131. The van der Waals surface area contributed by atoms with Gasteiger partial charge < -0.3 is 14.8 Å². The van der Waals surface area contributed by atoms with Gasteiger partial charge in [-0.05, 0) is 66.6 Å². The first-order chi connectivity index (χ1) is 16.0. The number of para-hydroxylation sites is 1. The second-order valence-corrected chi connectivity index (χ2v) is 7.13. The minimum Gasteiger partial charge on any atom is -0.497 e. The average molecular weight is 449 g/mol. The van der Waals surface area contributed by atoms with Gasteiger partial charge in [-0.25, -0.2) is 9.82 Å². The zero-order valence-corrected chi connectivity index (χ0v) is 18.2. The summed E-state index contributed by atoms with van der Waals surface area (Å²) in [7, 11) is 1.62. The molecule has 0 saturated carbocycles. The van der Waals surface area contributed by atoms with Crippen molar-refractivity contribution >= 4 is 23.7 Å². The van der Waals surface area contributed by atoms with Gasteiger partial charge in [0, 0.05) is 0 Å². The molecule has 0 aliphatic rings. The fraction of sp³-hybridized carbons (Fsp3) is 0.160. The van der Waals surface area contributed by atoms with Crippen molar-refractivity contribution in [3.8, 4) is 11.5 Å². The van der Waals surface area contributed by atoms with Crippen LogP contribution in [0, 0.1) is 11.7 Å². The number of halogens is 1. The Bertz CT molecular complexity index is 1120. The van der Waals surface area contributed by atoms with E-state index in [-0.39, 0.29) is 5.69 Å². The first kappa shape index (κ1) is 23.5. The zero-order valence-electron chi connectivity index (χ0n) is 18.2. The molecule has 0 heterocycles. The molecule has 2 N–H and O–H groups in total. The summed E-state index contributed by atoms with van der Waals surface area (Å²) in [6.07, 6.45) is 1.45. The predicted octanol–water partition coefficient (Wildman–Crippen LogP) is 4.14. The highest BCUT2D eigenvalue weighted by molar-refractivity contribution is 6.06. The van der Waals surface area contributed by atoms with Crippen molar-refractivity contribution in [2.75, 3.05) is 12.4 Å². The van der Waals surface area contributed by atoms with Gasteiger partial charge in [-0.15, -0.1) is 0 Å². The van der Waals surface area contributed by atoms with Crippen LogP contribution in [0.2, 0.25) is 0 Å². The molecule has 33 heavy (non-hydrogen) atoms. The molecule has 1 unspecified atom stereocenters. The summed E-state index contributed by atoms with van der Waals surface area (Å²) in [4.78, 5) is 24.3. The highest BCUT2D eigenvalue weighted by Gasteiger charge is 2.22. The Morgan fingerprint density at radius 3 is 2.30 bits per heavy atom. The number of carbonyl (C=O) groups is 2. The Hall–Kier alpha value is -4.20. The Kier molecular flexibility index (Phi) is 8.13. The van der Waals surface area contributed by atoms with Crippen LogP contribution in [-0.4, -0.2) is 25.1 Å². The van der Waals surface area contributed by atoms with Gasteiger partial charge in [-0.3, -0.25) is 9.59 Å². The van der Waals surface area contributed by atoms with E-state index in [1.54, 1.807) is 37.4 Å². The van der Waals surface area contributed by atoms with E-state index in [1.807, 2.05) is 24.3 Å². The molecular formula is C25H24FN3O4. The first-order valence-corrected chi connectivity index (χ1v) is 10.2. The maximum Gasteiger partial charge on any atom is 0.252 e. The molecule has 2 amide bonds. The highest BCUT2D eigenvalue weighted by atomic mass is 19.1. The van der Waals surface area contributed by atoms with Crippen molar-refractivity contribution in [3.05, 3.63) is 89.7 Å². The van der Waals surface area contributed by atoms with Crippen molar-refractivity contribution in [2.45, 2.75) is 13.5 Å². The molecule has 3 aromatic rings. The summed E-state index contributed by atoms with van der Waals surface area (Å²) in [5.74, 6) is -1.41. The number of rotatable bonds is 9. The molecule has 3 aromatic carbocycles. The molecular weight excluding hydrogens is 425 g/mol. The number of nitrogens with zero attached hydrogens (tertiary/aromatic N) is 1. The van der Waals surface area contributed by atoms with Crippen molar-refractivity contribution in [1.29, 1.82) is 0 Å². The first-order valence-electron chi connectivity index (χ1n) is 10.2. The molecule has 3 rings (SSSR count). The zero-order chi connectivity index (χ0) is 23.6. The highest BCUT2D eigenvalue weighted by Crippen LogP contribution is 2.16. The largest absolute Gasteiger partial charge is 0.497 e. The SMILES string of the molecule is COc1ccc(COc2ccc(C=NNC(=O)C(C)C(=O)Nc3ccccc3F)cc2)cc1. The third kappa shape index (κ3) is 6.90. The quantitative estimate of drug-likeness (QED) is 0.292. The summed E-state index contributed by atoms with van der Waals surface area (Å²) in [6, 6.07) is 20.5. The fourth-order valence-corrected chi connectivity index (χ4v) is 2.73. The van der Waals surface area contributed by atoms with E-state index in [0.29, 0.717) is 12.4 Å². The van der Waals surface area contributed by atoms with Crippen molar-refractivity contribution in [1.82, 2.24) is 5.43 Å². The second kappa shape index (κ2) is 11.4. The molecule has 0 spiro atoms. The summed E-state index contributed by atoms with van der Waals surface area (Å²) in [5.41, 5.74) is 4.07. The van der Waals surface area contributed by atoms with Gasteiger partial charge >= 0.3 is 0 Å². The topological polar surface area (TPSA) is 89.0 Å². The van der Waals surface area contributed by atoms with E-state index in [9.17, 15) is 14.0 Å². The Morgan fingerprint density at radius 1 is 0.970 bits per heavy atom. The van der Waals surface area contributed by atoms with Crippen LogP contribution in [0.5, 0.6) is 11.5 Å². The van der Waals surface area contributed by atoms with Crippen LogP contribution in [0.1, 0.15) is 18.1 Å². The van der Waals surface area contributed by atoms with Crippen LogP contribution < -0.4 is 20.2 Å². The molecule has 8 heteroatoms. The number of hydrogen-bond acceptors (Lipinski definition) is 5. The molecule has 0 fully saturated rings. The maximum atomic E-state index is 13.6. The van der Waals surface area contributed by atoms with E-state index in [2.05, 4.69) is 15.8 Å². The molecule has 0 radical (unpaired) electrons. The van der Waals surface area contributed by atoms with E-state index in [4.69, 9.17) is 9.47 Å². The normalized spacial score (nSPS) is 11.6. The third-order valence-corrected chi connectivity index (χ3v) is 4.75. The van der Waals surface area contributed by atoms with Gasteiger partial charge in [0.05, 0.1) is 19.0 Å². The van der Waals surface area contributed by atoms with Crippen LogP contribution >= 0.6 is 0 Å².